The number of aromatic nitrogens is 5. The molecule has 0 unspecified atom stereocenters. The molecule has 7 nitrogen and oxygen atoms in total. The number of fused-ring (bicyclic) bond motifs is 3. The first-order chi connectivity index (χ1) is 16.7. The van der Waals surface area contributed by atoms with Gasteiger partial charge in [0.15, 0.2) is 0 Å². The van der Waals surface area contributed by atoms with Crippen LogP contribution in [0.5, 0.6) is 0 Å². The van der Waals surface area contributed by atoms with Gasteiger partial charge in [0, 0.05) is 33.9 Å². The minimum Gasteiger partial charge on any atom is -0.478 e. The molecule has 0 bridgehead atoms. The average Bonchev–Trinajstić information content (AvgIpc) is 3.52. The summed E-state index contributed by atoms with van der Waals surface area (Å²) in [5.41, 5.74) is 6.67. The van der Waals surface area contributed by atoms with Crippen LogP contribution in [-0.4, -0.2) is 36.3 Å². The second kappa shape index (κ2) is 7.97. The number of H-pyrrole nitrogens is 1. The lowest BCUT2D eigenvalue weighted by Gasteiger charge is -2.10. The Morgan fingerprint density at radius 2 is 1.59 bits per heavy atom. The minimum absolute atomic E-state index is 0.283. The number of hydrogen-bond acceptors (Lipinski definition) is 4. The highest BCUT2D eigenvalue weighted by atomic mass is 16.4. The third-order valence-corrected chi connectivity index (χ3v) is 6.11. The Labute approximate surface area is 194 Å². The van der Waals surface area contributed by atoms with Crippen LogP contribution in [0.4, 0.5) is 0 Å². The minimum atomic E-state index is -0.922. The van der Waals surface area contributed by atoms with Crippen molar-refractivity contribution in [1.82, 2.24) is 25.2 Å². The lowest BCUT2D eigenvalue weighted by atomic mass is 10.0. The van der Waals surface area contributed by atoms with Gasteiger partial charge in [-0.3, -0.25) is 0 Å². The summed E-state index contributed by atoms with van der Waals surface area (Å²) in [6, 6.07) is 29.9. The van der Waals surface area contributed by atoms with Crippen molar-refractivity contribution >= 4 is 27.8 Å². The van der Waals surface area contributed by atoms with Gasteiger partial charge in [-0.25, -0.2) is 4.79 Å². The monoisotopic (exact) mass is 445 g/mol. The highest BCUT2D eigenvalue weighted by molar-refractivity contribution is 6.09. The van der Waals surface area contributed by atoms with Crippen LogP contribution in [0.2, 0.25) is 0 Å². The second-order valence-electron chi connectivity index (χ2n) is 8.15. The van der Waals surface area contributed by atoms with Crippen molar-refractivity contribution < 1.29 is 9.90 Å². The van der Waals surface area contributed by atoms with E-state index >= 15 is 0 Å². The SMILES string of the molecule is O=C(O)c1ccc(-c2cccc(Cn3c4ccccc4c4cc(-c5nn[nH]n5)ccc43)c2)cc1. The normalized spacial score (nSPS) is 11.3. The molecule has 0 aliphatic rings. The van der Waals surface area contributed by atoms with E-state index in [0.717, 1.165) is 38.7 Å². The van der Waals surface area contributed by atoms with Crippen LogP contribution in [0, 0.1) is 0 Å². The summed E-state index contributed by atoms with van der Waals surface area (Å²) in [5.74, 6) is -0.352. The molecule has 6 aromatic rings. The zero-order chi connectivity index (χ0) is 23.1. The smallest absolute Gasteiger partial charge is 0.335 e. The fourth-order valence-electron chi connectivity index (χ4n) is 4.48. The highest BCUT2D eigenvalue weighted by Gasteiger charge is 2.13. The predicted molar refractivity (Wildman–Crippen MR) is 131 cm³/mol. The summed E-state index contributed by atoms with van der Waals surface area (Å²) < 4.78 is 2.32. The van der Waals surface area contributed by atoms with E-state index in [0.29, 0.717) is 12.4 Å². The van der Waals surface area contributed by atoms with Crippen molar-refractivity contribution in [2.24, 2.45) is 0 Å². The highest BCUT2D eigenvalue weighted by Crippen LogP contribution is 2.32. The Morgan fingerprint density at radius 3 is 2.38 bits per heavy atom. The van der Waals surface area contributed by atoms with Crippen LogP contribution >= 0.6 is 0 Å². The van der Waals surface area contributed by atoms with Gasteiger partial charge in [0.25, 0.3) is 0 Å². The second-order valence-corrected chi connectivity index (χ2v) is 8.15. The van der Waals surface area contributed by atoms with Crippen LogP contribution in [0.1, 0.15) is 15.9 Å². The van der Waals surface area contributed by atoms with Crippen molar-refractivity contribution in [2.75, 3.05) is 0 Å². The van der Waals surface area contributed by atoms with Gasteiger partial charge in [0.2, 0.25) is 5.82 Å². The molecule has 7 heteroatoms. The summed E-state index contributed by atoms with van der Waals surface area (Å²) in [5, 5.41) is 25.9. The lowest BCUT2D eigenvalue weighted by Crippen LogP contribution is -1.99. The molecule has 34 heavy (non-hydrogen) atoms. The maximum Gasteiger partial charge on any atom is 0.335 e. The molecule has 0 aliphatic heterocycles. The molecule has 0 radical (unpaired) electrons. The van der Waals surface area contributed by atoms with Crippen LogP contribution < -0.4 is 0 Å². The van der Waals surface area contributed by atoms with E-state index in [1.54, 1.807) is 12.1 Å². The van der Waals surface area contributed by atoms with Crippen molar-refractivity contribution in [3.63, 3.8) is 0 Å². The van der Waals surface area contributed by atoms with Crippen molar-refractivity contribution in [3.05, 3.63) is 102 Å². The molecule has 0 aliphatic carbocycles. The van der Waals surface area contributed by atoms with E-state index in [1.165, 1.54) is 5.39 Å². The number of hydrogen-bond donors (Lipinski definition) is 2. The number of benzene rings is 4. The van der Waals surface area contributed by atoms with Gasteiger partial charge in [-0.15, -0.1) is 10.2 Å². The molecule has 2 aromatic heterocycles. The van der Waals surface area contributed by atoms with Gasteiger partial charge in [0.1, 0.15) is 0 Å². The van der Waals surface area contributed by atoms with Crippen molar-refractivity contribution in [2.45, 2.75) is 6.54 Å². The largest absolute Gasteiger partial charge is 0.478 e. The molecular formula is C27H19N5O2. The molecule has 0 saturated heterocycles. The fraction of sp³-hybridized carbons (Fsp3) is 0.0370. The standard InChI is InChI=1S/C27H19N5O2/c33-27(34)19-10-8-18(9-11-19)20-5-3-4-17(14-20)16-32-24-7-2-1-6-22(24)23-15-21(12-13-25(23)32)26-28-30-31-29-26/h1-15H,16H2,(H,33,34)(H,28,29,30,31). The summed E-state index contributed by atoms with van der Waals surface area (Å²) in [6.45, 7) is 0.701. The lowest BCUT2D eigenvalue weighted by molar-refractivity contribution is 0.0697. The number of aromatic amines is 1. The predicted octanol–water partition coefficient (Wildman–Crippen LogP) is 5.39. The van der Waals surface area contributed by atoms with Crippen LogP contribution in [-0.2, 0) is 6.54 Å². The zero-order valence-corrected chi connectivity index (χ0v) is 18.0. The van der Waals surface area contributed by atoms with Gasteiger partial charge < -0.3 is 9.67 Å². The number of rotatable bonds is 5. The van der Waals surface area contributed by atoms with Gasteiger partial charge in [0.05, 0.1) is 5.56 Å². The molecule has 2 heterocycles. The summed E-state index contributed by atoms with van der Waals surface area (Å²) in [4.78, 5) is 11.2. The molecule has 0 atom stereocenters. The Bertz CT molecular complexity index is 1650. The molecule has 0 saturated carbocycles. The molecule has 0 amide bonds. The topological polar surface area (TPSA) is 96.7 Å². The Kier molecular flexibility index (Phi) is 4.66. The third-order valence-electron chi connectivity index (χ3n) is 6.11. The molecule has 2 N–H and O–H groups in total. The molecule has 0 fully saturated rings. The van der Waals surface area contributed by atoms with E-state index in [4.69, 9.17) is 5.11 Å². The molecule has 4 aromatic carbocycles. The van der Waals surface area contributed by atoms with E-state index in [2.05, 4.69) is 73.7 Å². The molecule has 6 rings (SSSR count). The zero-order valence-electron chi connectivity index (χ0n) is 18.0. The molecular weight excluding hydrogens is 426 g/mol. The van der Waals surface area contributed by atoms with Gasteiger partial charge in [-0.2, -0.15) is 5.21 Å². The van der Waals surface area contributed by atoms with Crippen LogP contribution in [0.25, 0.3) is 44.3 Å². The van der Waals surface area contributed by atoms with Gasteiger partial charge in [-0.05, 0) is 64.4 Å². The summed E-state index contributed by atoms with van der Waals surface area (Å²) >= 11 is 0. The van der Waals surface area contributed by atoms with Crippen molar-refractivity contribution in [1.29, 1.82) is 0 Å². The van der Waals surface area contributed by atoms with Crippen LogP contribution in [0.15, 0.2) is 91.0 Å². The van der Waals surface area contributed by atoms with E-state index in [9.17, 15) is 4.79 Å². The Balaban J connectivity index is 1.42. The van der Waals surface area contributed by atoms with E-state index in [1.807, 2.05) is 30.3 Å². The number of para-hydroxylation sites is 1. The third kappa shape index (κ3) is 3.40. The summed E-state index contributed by atoms with van der Waals surface area (Å²) in [7, 11) is 0. The number of tetrazole rings is 1. The number of nitrogens with zero attached hydrogens (tertiary/aromatic N) is 4. The first-order valence-electron chi connectivity index (χ1n) is 10.8. The van der Waals surface area contributed by atoms with E-state index in [-0.39, 0.29) is 5.56 Å². The molecule has 164 valence electrons. The number of carboxylic acid groups (broad SMARTS) is 1. The van der Waals surface area contributed by atoms with E-state index < -0.39 is 5.97 Å². The first kappa shape index (κ1) is 19.9. The maximum atomic E-state index is 11.2. The van der Waals surface area contributed by atoms with Crippen molar-refractivity contribution in [3.8, 4) is 22.5 Å². The van der Waals surface area contributed by atoms with Gasteiger partial charge in [-0.1, -0.05) is 48.5 Å². The quantitative estimate of drug-likeness (QED) is 0.371. The van der Waals surface area contributed by atoms with Gasteiger partial charge >= 0.3 is 5.97 Å². The number of carboxylic acids is 1. The summed E-state index contributed by atoms with van der Waals surface area (Å²) in [6.07, 6.45) is 0. The molecule has 0 spiro atoms. The maximum absolute atomic E-state index is 11.2. The Hall–Kier alpha value is -4.78. The number of nitrogens with one attached hydrogen (secondary N) is 1. The number of carbonyl (C=O) groups is 1. The first-order valence-corrected chi connectivity index (χ1v) is 10.8. The van der Waals surface area contributed by atoms with Crippen LogP contribution in [0.3, 0.4) is 0 Å². The average molecular weight is 445 g/mol. The fourth-order valence-corrected chi connectivity index (χ4v) is 4.48. The number of aromatic carboxylic acids is 1. The Morgan fingerprint density at radius 1 is 0.794 bits per heavy atom.